The van der Waals surface area contributed by atoms with Crippen LogP contribution in [0.5, 0.6) is 0 Å². The summed E-state index contributed by atoms with van der Waals surface area (Å²) in [6.07, 6.45) is 0. The van der Waals surface area contributed by atoms with Crippen molar-refractivity contribution in [2.75, 3.05) is 10.6 Å². The van der Waals surface area contributed by atoms with Crippen molar-refractivity contribution in [1.82, 2.24) is 10.9 Å². The number of hydrogen-bond donors (Lipinski definition) is 4. The van der Waals surface area contributed by atoms with Crippen molar-refractivity contribution in [3.05, 3.63) is 59.1 Å². The van der Waals surface area contributed by atoms with Gasteiger partial charge in [0.15, 0.2) is 10.2 Å². The lowest BCUT2D eigenvalue weighted by molar-refractivity contribution is 0.885. The molecule has 0 aromatic heterocycles. The van der Waals surface area contributed by atoms with Gasteiger partial charge in [-0.25, -0.2) is 0 Å². The van der Waals surface area contributed by atoms with Gasteiger partial charge >= 0.3 is 0 Å². The molecule has 2 aromatic rings. The first kappa shape index (κ1) is 16.5. The van der Waals surface area contributed by atoms with E-state index in [2.05, 4.69) is 21.5 Å². The summed E-state index contributed by atoms with van der Waals surface area (Å²) in [5.41, 5.74) is 8.54. The highest BCUT2D eigenvalue weighted by atomic mass is 35.5. The van der Waals surface area contributed by atoms with Crippen molar-refractivity contribution in [1.29, 1.82) is 0 Å². The van der Waals surface area contributed by atoms with Crippen LogP contribution in [-0.2, 0) is 0 Å². The Kier molecular flexibility index (Phi) is 5.94. The molecule has 0 amide bonds. The molecule has 0 fully saturated rings. The number of aryl methyl sites for hydroxylation is 1. The van der Waals surface area contributed by atoms with E-state index >= 15 is 0 Å². The van der Waals surface area contributed by atoms with Crippen molar-refractivity contribution in [2.24, 2.45) is 0 Å². The summed E-state index contributed by atoms with van der Waals surface area (Å²) >= 11 is 16.2. The highest BCUT2D eigenvalue weighted by molar-refractivity contribution is 7.81. The molecule has 2 aromatic carbocycles. The molecule has 7 heteroatoms. The fourth-order valence-corrected chi connectivity index (χ4v) is 2.16. The van der Waals surface area contributed by atoms with Gasteiger partial charge in [-0.15, -0.1) is 0 Å². The number of benzene rings is 2. The number of nitrogens with one attached hydrogen (secondary N) is 4. The molecule has 0 heterocycles. The van der Waals surface area contributed by atoms with Crippen molar-refractivity contribution < 1.29 is 0 Å². The average molecular weight is 351 g/mol. The van der Waals surface area contributed by atoms with Crippen LogP contribution < -0.4 is 21.5 Å². The normalized spacial score (nSPS) is 9.73. The Morgan fingerprint density at radius 1 is 0.864 bits per heavy atom. The van der Waals surface area contributed by atoms with E-state index < -0.39 is 0 Å². The third-order valence-electron chi connectivity index (χ3n) is 2.67. The van der Waals surface area contributed by atoms with Crippen LogP contribution in [-0.4, -0.2) is 10.2 Å². The van der Waals surface area contributed by atoms with E-state index in [0.29, 0.717) is 15.2 Å². The number of halogens is 1. The molecule has 2 rings (SSSR count). The highest BCUT2D eigenvalue weighted by Gasteiger charge is 2.00. The highest BCUT2D eigenvalue weighted by Crippen LogP contribution is 2.13. The molecule has 22 heavy (non-hydrogen) atoms. The monoisotopic (exact) mass is 350 g/mol. The zero-order chi connectivity index (χ0) is 15.9. The summed E-state index contributed by atoms with van der Waals surface area (Å²) in [5.74, 6) is 0. The van der Waals surface area contributed by atoms with Gasteiger partial charge in [0.1, 0.15) is 0 Å². The smallest absolute Gasteiger partial charge is 0.189 e. The second kappa shape index (κ2) is 7.93. The van der Waals surface area contributed by atoms with Crippen LogP contribution >= 0.6 is 36.0 Å². The molecule has 0 bridgehead atoms. The average Bonchev–Trinajstić information content (AvgIpc) is 2.48. The maximum atomic E-state index is 5.83. The number of rotatable bonds is 2. The SMILES string of the molecule is Cc1cccc(NC(=S)NNC(=S)Nc2ccc(Cl)cc2)c1. The summed E-state index contributed by atoms with van der Waals surface area (Å²) in [4.78, 5) is 0. The Morgan fingerprint density at radius 2 is 1.45 bits per heavy atom. The molecule has 0 aliphatic carbocycles. The van der Waals surface area contributed by atoms with Gasteiger partial charge in [-0.1, -0.05) is 23.7 Å². The molecule has 0 aliphatic rings. The molecule has 4 N–H and O–H groups in total. The van der Waals surface area contributed by atoms with Gasteiger partial charge in [0.05, 0.1) is 0 Å². The summed E-state index contributed by atoms with van der Waals surface area (Å²) in [6, 6.07) is 15.1. The van der Waals surface area contributed by atoms with Gasteiger partial charge in [0.25, 0.3) is 0 Å². The van der Waals surface area contributed by atoms with Crippen LogP contribution in [0.25, 0.3) is 0 Å². The molecular formula is C15H15ClN4S2. The summed E-state index contributed by atoms with van der Waals surface area (Å²) in [6.45, 7) is 2.02. The molecule has 0 spiro atoms. The van der Waals surface area contributed by atoms with Crippen molar-refractivity contribution in [2.45, 2.75) is 6.92 Å². The van der Waals surface area contributed by atoms with Crippen molar-refractivity contribution >= 4 is 57.6 Å². The lowest BCUT2D eigenvalue weighted by atomic mass is 10.2. The number of anilines is 2. The van der Waals surface area contributed by atoms with Crippen LogP contribution in [0.1, 0.15) is 5.56 Å². The van der Waals surface area contributed by atoms with E-state index in [1.165, 1.54) is 0 Å². The first-order chi connectivity index (χ1) is 10.5. The van der Waals surface area contributed by atoms with E-state index in [1.807, 2.05) is 43.3 Å². The maximum absolute atomic E-state index is 5.83. The minimum absolute atomic E-state index is 0.399. The van der Waals surface area contributed by atoms with Crippen LogP contribution in [0.15, 0.2) is 48.5 Å². The first-order valence-corrected chi connectivity index (χ1v) is 7.68. The predicted octanol–water partition coefficient (Wildman–Crippen LogP) is 3.84. The molecule has 0 atom stereocenters. The lowest BCUT2D eigenvalue weighted by Crippen LogP contribution is -2.45. The van der Waals surface area contributed by atoms with Gasteiger partial charge in [-0.2, -0.15) is 0 Å². The first-order valence-electron chi connectivity index (χ1n) is 6.49. The molecule has 0 saturated heterocycles. The summed E-state index contributed by atoms with van der Waals surface area (Å²) in [5, 5.41) is 7.56. The topological polar surface area (TPSA) is 48.1 Å². The Bertz CT molecular complexity index is 673. The number of thiocarbonyl (C=S) groups is 2. The second-order valence-electron chi connectivity index (χ2n) is 4.53. The number of hydrazine groups is 1. The minimum Gasteiger partial charge on any atom is -0.331 e. The maximum Gasteiger partial charge on any atom is 0.189 e. The van der Waals surface area contributed by atoms with Gasteiger partial charge in [-0.05, 0) is 73.3 Å². The summed E-state index contributed by atoms with van der Waals surface area (Å²) in [7, 11) is 0. The van der Waals surface area contributed by atoms with Crippen LogP contribution in [0.2, 0.25) is 5.02 Å². The third kappa shape index (κ3) is 5.48. The van der Waals surface area contributed by atoms with Gasteiger partial charge in [-0.3, -0.25) is 10.9 Å². The lowest BCUT2D eigenvalue weighted by Gasteiger charge is -2.14. The van der Waals surface area contributed by atoms with E-state index in [1.54, 1.807) is 12.1 Å². The van der Waals surface area contributed by atoms with Crippen LogP contribution in [0.3, 0.4) is 0 Å². The molecule has 114 valence electrons. The molecular weight excluding hydrogens is 336 g/mol. The van der Waals surface area contributed by atoms with Crippen LogP contribution in [0.4, 0.5) is 11.4 Å². The van der Waals surface area contributed by atoms with E-state index in [-0.39, 0.29) is 0 Å². The van der Waals surface area contributed by atoms with E-state index in [4.69, 9.17) is 36.0 Å². The largest absolute Gasteiger partial charge is 0.331 e. The van der Waals surface area contributed by atoms with Crippen molar-refractivity contribution in [3.63, 3.8) is 0 Å². The Labute approximate surface area is 145 Å². The zero-order valence-electron chi connectivity index (χ0n) is 11.8. The number of hydrogen-bond acceptors (Lipinski definition) is 2. The third-order valence-corrected chi connectivity index (χ3v) is 3.33. The second-order valence-corrected chi connectivity index (χ2v) is 5.79. The van der Waals surface area contributed by atoms with Crippen LogP contribution in [0, 0.1) is 6.92 Å². The Hall–Kier alpha value is -1.89. The molecule has 0 aliphatic heterocycles. The Morgan fingerprint density at radius 3 is 2.05 bits per heavy atom. The van der Waals surface area contributed by atoms with Gasteiger partial charge < -0.3 is 10.6 Å². The fourth-order valence-electron chi connectivity index (χ4n) is 1.69. The zero-order valence-corrected chi connectivity index (χ0v) is 14.2. The molecule has 4 nitrogen and oxygen atoms in total. The minimum atomic E-state index is 0.399. The molecule has 0 radical (unpaired) electrons. The fraction of sp³-hybridized carbons (Fsp3) is 0.0667. The van der Waals surface area contributed by atoms with Crippen molar-refractivity contribution in [3.8, 4) is 0 Å². The Balaban J connectivity index is 1.78. The molecule has 0 unspecified atom stereocenters. The van der Waals surface area contributed by atoms with E-state index in [9.17, 15) is 0 Å². The van der Waals surface area contributed by atoms with E-state index in [0.717, 1.165) is 16.9 Å². The standard InChI is InChI=1S/C15H15ClN4S2/c1-10-3-2-4-13(9-10)18-15(22)20-19-14(21)17-12-7-5-11(16)6-8-12/h2-9H,1H3,(H2,17,19,21)(H2,18,20,22). The predicted molar refractivity (Wildman–Crippen MR) is 101 cm³/mol. The quantitative estimate of drug-likeness (QED) is 0.488. The summed E-state index contributed by atoms with van der Waals surface area (Å²) < 4.78 is 0. The van der Waals surface area contributed by atoms with Gasteiger partial charge in [0.2, 0.25) is 0 Å². The molecule has 0 saturated carbocycles. The van der Waals surface area contributed by atoms with Gasteiger partial charge in [0, 0.05) is 16.4 Å².